The van der Waals surface area contributed by atoms with E-state index < -0.39 is 0 Å². The van der Waals surface area contributed by atoms with E-state index in [0.717, 1.165) is 42.8 Å². The van der Waals surface area contributed by atoms with Gasteiger partial charge in [0.05, 0.1) is 0 Å². The van der Waals surface area contributed by atoms with E-state index in [4.69, 9.17) is 11.6 Å². The first-order valence-electron chi connectivity index (χ1n) is 7.72. The van der Waals surface area contributed by atoms with Crippen molar-refractivity contribution in [2.45, 2.75) is 28.0 Å². The van der Waals surface area contributed by atoms with Gasteiger partial charge in [0.2, 0.25) is 0 Å². The average molecular weight is 421 g/mol. The van der Waals surface area contributed by atoms with Crippen LogP contribution in [0.1, 0.15) is 6.92 Å². The number of hydrogen-bond acceptors (Lipinski definition) is 8. The molecule has 0 spiro atoms. The van der Waals surface area contributed by atoms with Gasteiger partial charge >= 0.3 is 0 Å². The van der Waals surface area contributed by atoms with Gasteiger partial charge in [-0.05, 0) is 49.2 Å². The number of rotatable bonds is 5. The maximum atomic E-state index is 5.99. The molecule has 0 aliphatic rings. The van der Waals surface area contributed by atoms with Crippen molar-refractivity contribution >= 4 is 56.8 Å². The van der Waals surface area contributed by atoms with Crippen LogP contribution in [0.4, 0.5) is 0 Å². The number of hydrogen-bond donors (Lipinski definition) is 0. The van der Waals surface area contributed by atoms with Crippen LogP contribution in [0.2, 0.25) is 5.02 Å². The predicted molar refractivity (Wildman–Crippen MR) is 107 cm³/mol. The minimum Gasteiger partial charge on any atom is -0.302 e. The SMILES string of the molecule is CCn1c(Sc2ncnc3nc(SC)sc23)nnc1-c1ccc(Cl)cc1. The van der Waals surface area contributed by atoms with E-state index in [1.165, 1.54) is 11.8 Å². The summed E-state index contributed by atoms with van der Waals surface area (Å²) in [6.45, 7) is 2.82. The summed E-state index contributed by atoms with van der Waals surface area (Å²) in [4.78, 5) is 13.2. The Hall–Kier alpha value is -1.68. The highest BCUT2D eigenvalue weighted by molar-refractivity contribution is 8.00. The van der Waals surface area contributed by atoms with Crippen LogP contribution in [0.3, 0.4) is 0 Å². The third-order valence-corrected chi connectivity index (χ3v) is 7.04. The van der Waals surface area contributed by atoms with Crippen LogP contribution in [-0.2, 0) is 6.54 Å². The molecule has 10 heteroatoms. The van der Waals surface area contributed by atoms with Gasteiger partial charge in [0.1, 0.15) is 16.1 Å². The number of thiazole rings is 1. The van der Waals surface area contributed by atoms with E-state index >= 15 is 0 Å². The summed E-state index contributed by atoms with van der Waals surface area (Å²) < 4.78 is 4.01. The number of fused-ring (bicyclic) bond motifs is 1. The van der Waals surface area contributed by atoms with Gasteiger partial charge in [0, 0.05) is 17.1 Å². The third-order valence-electron chi connectivity index (χ3n) is 3.64. The Labute approximate surface area is 167 Å². The Balaban J connectivity index is 1.73. The molecule has 26 heavy (non-hydrogen) atoms. The van der Waals surface area contributed by atoms with Crippen molar-refractivity contribution in [2.24, 2.45) is 0 Å². The summed E-state index contributed by atoms with van der Waals surface area (Å²) in [7, 11) is 0. The highest BCUT2D eigenvalue weighted by atomic mass is 35.5. The zero-order chi connectivity index (χ0) is 18.1. The van der Waals surface area contributed by atoms with Gasteiger partial charge in [-0.15, -0.1) is 21.5 Å². The summed E-state index contributed by atoms with van der Waals surface area (Å²) in [5, 5.41) is 11.1. The van der Waals surface area contributed by atoms with Gasteiger partial charge in [0.15, 0.2) is 21.0 Å². The first-order valence-corrected chi connectivity index (χ1v) is 11.0. The average Bonchev–Trinajstić information content (AvgIpc) is 3.26. The highest BCUT2D eigenvalue weighted by Gasteiger charge is 2.17. The number of benzene rings is 1. The molecule has 0 bridgehead atoms. The molecule has 1 aromatic carbocycles. The van der Waals surface area contributed by atoms with E-state index in [1.807, 2.05) is 30.5 Å². The van der Waals surface area contributed by atoms with Crippen molar-refractivity contribution in [1.29, 1.82) is 0 Å². The Bertz CT molecular complexity index is 1060. The zero-order valence-corrected chi connectivity index (χ0v) is 17.1. The lowest BCUT2D eigenvalue weighted by atomic mass is 10.2. The molecule has 0 unspecified atom stereocenters. The van der Waals surface area contributed by atoms with Gasteiger partial charge in [-0.3, -0.25) is 0 Å². The van der Waals surface area contributed by atoms with E-state index in [2.05, 4.69) is 36.6 Å². The van der Waals surface area contributed by atoms with Crippen LogP contribution in [0.25, 0.3) is 21.7 Å². The number of thioether (sulfide) groups is 1. The van der Waals surface area contributed by atoms with Crippen molar-refractivity contribution < 1.29 is 0 Å². The van der Waals surface area contributed by atoms with Crippen LogP contribution in [0, 0.1) is 0 Å². The molecule has 0 atom stereocenters. The summed E-state index contributed by atoms with van der Waals surface area (Å²) >= 11 is 10.7. The molecule has 0 fully saturated rings. The molecule has 4 aromatic rings. The van der Waals surface area contributed by atoms with Crippen LogP contribution < -0.4 is 0 Å². The third kappa shape index (κ3) is 3.32. The fraction of sp³-hybridized carbons (Fsp3) is 0.188. The molecule has 0 radical (unpaired) electrons. The van der Waals surface area contributed by atoms with Gasteiger partial charge in [0.25, 0.3) is 0 Å². The van der Waals surface area contributed by atoms with Crippen molar-refractivity contribution in [2.75, 3.05) is 6.26 Å². The van der Waals surface area contributed by atoms with E-state index in [9.17, 15) is 0 Å². The van der Waals surface area contributed by atoms with Crippen molar-refractivity contribution in [3.8, 4) is 11.4 Å². The molecule has 0 aliphatic heterocycles. The Kier molecular flexibility index (Phi) is 5.12. The standard InChI is InChI=1S/C16H13ClN6S3/c1-3-23-13(9-4-6-10(17)7-5-9)21-22-15(23)26-14-11-12(18-8-19-14)20-16(24-2)25-11/h4-8H,3H2,1-2H3. The van der Waals surface area contributed by atoms with E-state index in [-0.39, 0.29) is 0 Å². The Morgan fingerprint density at radius 1 is 1.15 bits per heavy atom. The first-order chi connectivity index (χ1) is 12.7. The summed E-state index contributed by atoms with van der Waals surface area (Å²) in [5.74, 6) is 0.811. The molecule has 132 valence electrons. The molecule has 0 amide bonds. The molecule has 0 saturated heterocycles. The summed E-state index contributed by atoms with van der Waals surface area (Å²) in [5.41, 5.74) is 1.70. The normalized spacial score (nSPS) is 11.3. The second-order valence-corrected chi connectivity index (χ2v) is 8.62. The smallest absolute Gasteiger partial charge is 0.197 e. The van der Waals surface area contributed by atoms with Crippen LogP contribution in [-0.4, -0.2) is 36.0 Å². The molecule has 3 aromatic heterocycles. The molecule has 0 aliphatic carbocycles. The van der Waals surface area contributed by atoms with Gasteiger partial charge < -0.3 is 4.57 Å². The molecule has 6 nitrogen and oxygen atoms in total. The monoisotopic (exact) mass is 420 g/mol. The zero-order valence-electron chi connectivity index (χ0n) is 13.9. The van der Waals surface area contributed by atoms with Crippen LogP contribution >= 0.6 is 46.5 Å². The van der Waals surface area contributed by atoms with Gasteiger partial charge in [-0.2, -0.15) is 0 Å². The van der Waals surface area contributed by atoms with Crippen molar-refractivity contribution in [3.63, 3.8) is 0 Å². The second kappa shape index (κ2) is 7.51. The van der Waals surface area contributed by atoms with Crippen LogP contribution in [0.5, 0.6) is 0 Å². The van der Waals surface area contributed by atoms with E-state index in [0.29, 0.717) is 5.02 Å². The minimum absolute atomic E-state index is 0.698. The summed E-state index contributed by atoms with van der Waals surface area (Å²) in [6.07, 6.45) is 3.55. The quantitative estimate of drug-likeness (QED) is 0.336. The summed E-state index contributed by atoms with van der Waals surface area (Å²) in [6, 6.07) is 7.61. The molecule has 3 heterocycles. The number of halogens is 1. The van der Waals surface area contributed by atoms with Crippen molar-refractivity contribution in [3.05, 3.63) is 35.6 Å². The second-order valence-electron chi connectivity index (χ2n) is 5.17. The predicted octanol–water partition coefficient (Wildman–Crippen LogP) is 4.89. The number of nitrogens with zero attached hydrogens (tertiary/aromatic N) is 6. The molecule has 4 rings (SSSR count). The Morgan fingerprint density at radius 3 is 2.69 bits per heavy atom. The maximum absolute atomic E-state index is 5.99. The fourth-order valence-corrected chi connectivity index (χ4v) is 5.06. The highest BCUT2D eigenvalue weighted by Crippen LogP contribution is 2.36. The minimum atomic E-state index is 0.698. The van der Waals surface area contributed by atoms with Gasteiger partial charge in [-0.1, -0.05) is 23.4 Å². The lowest BCUT2D eigenvalue weighted by molar-refractivity contribution is 0.687. The maximum Gasteiger partial charge on any atom is 0.197 e. The van der Waals surface area contributed by atoms with Crippen LogP contribution in [0.15, 0.2) is 45.1 Å². The molecule has 0 saturated carbocycles. The lowest BCUT2D eigenvalue weighted by Crippen LogP contribution is -2.00. The fourth-order valence-electron chi connectivity index (χ4n) is 2.42. The molecule has 0 N–H and O–H groups in total. The van der Waals surface area contributed by atoms with Crippen molar-refractivity contribution in [1.82, 2.24) is 29.7 Å². The molecular formula is C16H13ClN6S3. The van der Waals surface area contributed by atoms with Gasteiger partial charge in [-0.25, -0.2) is 15.0 Å². The molecular weight excluding hydrogens is 408 g/mol. The number of aromatic nitrogens is 6. The first kappa shape index (κ1) is 17.7. The lowest BCUT2D eigenvalue weighted by Gasteiger charge is -2.07. The largest absolute Gasteiger partial charge is 0.302 e. The topological polar surface area (TPSA) is 69.4 Å². The van der Waals surface area contributed by atoms with E-state index in [1.54, 1.807) is 29.4 Å². The Morgan fingerprint density at radius 2 is 1.96 bits per heavy atom.